The lowest BCUT2D eigenvalue weighted by Gasteiger charge is -2.06. The molecule has 0 amide bonds. The van der Waals surface area contributed by atoms with Gasteiger partial charge in [0.1, 0.15) is 17.4 Å². The smallest absolute Gasteiger partial charge is 0.155 e. The molecule has 0 aliphatic heterocycles. The molecule has 2 aromatic rings. The van der Waals surface area contributed by atoms with Crippen molar-refractivity contribution >= 4 is 0 Å². The first-order chi connectivity index (χ1) is 9.13. The second-order valence-electron chi connectivity index (χ2n) is 4.24. The number of halogens is 1. The molecule has 0 bridgehead atoms. The minimum atomic E-state index is -0.297. The van der Waals surface area contributed by atoms with Crippen LogP contribution in [0, 0.1) is 5.82 Å². The van der Waals surface area contributed by atoms with Crippen LogP contribution in [0.25, 0.3) is 0 Å². The van der Waals surface area contributed by atoms with Crippen LogP contribution >= 0.6 is 0 Å². The van der Waals surface area contributed by atoms with E-state index in [1.807, 2.05) is 7.05 Å². The quantitative estimate of drug-likeness (QED) is 0.876. The zero-order chi connectivity index (χ0) is 13.8. The zero-order valence-corrected chi connectivity index (χ0v) is 11.1. The van der Waals surface area contributed by atoms with Crippen LogP contribution in [0.2, 0.25) is 0 Å². The van der Waals surface area contributed by atoms with Crippen molar-refractivity contribution in [1.29, 1.82) is 0 Å². The Morgan fingerprint density at radius 2 is 2.21 bits per heavy atom. The minimum Gasteiger partial charge on any atom is -0.496 e. The van der Waals surface area contributed by atoms with Crippen LogP contribution in [0.1, 0.15) is 17.2 Å². The van der Waals surface area contributed by atoms with Gasteiger partial charge < -0.3 is 10.5 Å². The van der Waals surface area contributed by atoms with Gasteiger partial charge in [0.15, 0.2) is 5.82 Å². The lowest BCUT2D eigenvalue weighted by molar-refractivity contribution is 0.409. The standard InChI is InChI=1S/C13H17FN4O/c1-18-13(5-6-15)16-12(17-18)8-9-7-10(14)3-4-11(9)19-2/h3-4,7H,5-6,8,15H2,1-2H3. The summed E-state index contributed by atoms with van der Waals surface area (Å²) in [5, 5.41) is 4.30. The first-order valence-corrected chi connectivity index (χ1v) is 6.05. The number of methoxy groups -OCH3 is 1. The minimum absolute atomic E-state index is 0.297. The van der Waals surface area contributed by atoms with Gasteiger partial charge in [-0.25, -0.2) is 9.37 Å². The van der Waals surface area contributed by atoms with Crippen LogP contribution in [-0.2, 0) is 19.9 Å². The van der Waals surface area contributed by atoms with E-state index in [0.29, 0.717) is 31.0 Å². The number of aryl methyl sites for hydroxylation is 1. The Kier molecular flexibility index (Phi) is 4.11. The Morgan fingerprint density at radius 3 is 2.89 bits per heavy atom. The van der Waals surface area contributed by atoms with Crippen LogP contribution in [0.3, 0.4) is 0 Å². The van der Waals surface area contributed by atoms with E-state index in [0.717, 1.165) is 11.4 Å². The lowest BCUT2D eigenvalue weighted by Crippen LogP contribution is -2.08. The van der Waals surface area contributed by atoms with E-state index >= 15 is 0 Å². The van der Waals surface area contributed by atoms with Crippen molar-refractivity contribution < 1.29 is 9.13 Å². The molecule has 0 saturated carbocycles. The van der Waals surface area contributed by atoms with Crippen molar-refractivity contribution in [2.24, 2.45) is 12.8 Å². The maximum absolute atomic E-state index is 13.3. The van der Waals surface area contributed by atoms with Gasteiger partial charge in [0.2, 0.25) is 0 Å². The van der Waals surface area contributed by atoms with Crippen molar-refractivity contribution in [2.75, 3.05) is 13.7 Å². The average molecular weight is 264 g/mol. The monoisotopic (exact) mass is 264 g/mol. The fourth-order valence-electron chi connectivity index (χ4n) is 1.95. The third kappa shape index (κ3) is 3.08. The van der Waals surface area contributed by atoms with Crippen LogP contribution in [0.15, 0.2) is 18.2 Å². The maximum atomic E-state index is 13.3. The molecule has 5 nitrogen and oxygen atoms in total. The third-order valence-corrected chi connectivity index (χ3v) is 2.86. The molecular weight excluding hydrogens is 247 g/mol. The summed E-state index contributed by atoms with van der Waals surface area (Å²) in [4.78, 5) is 4.39. The lowest BCUT2D eigenvalue weighted by atomic mass is 10.1. The molecule has 0 unspecified atom stereocenters. The van der Waals surface area contributed by atoms with Gasteiger partial charge in [-0.2, -0.15) is 5.10 Å². The molecule has 0 radical (unpaired) electrons. The SMILES string of the molecule is COc1ccc(F)cc1Cc1nc(CCN)n(C)n1. The van der Waals surface area contributed by atoms with Gasteiger partial charge in [-0.15, -0.1) is 0 Å². The van der Waals surface area contributed by atoms with E-state index in [9.17, 15) is 4.39 Å². The molecule has 1 heterocycles. The summed E-state index contributed by atoms with van der Waals surface area (Å²) in [5.41, 5.74) is 6.24. The van der Waals surface area contributed by atoms with E-state index < -0.39 is 0 Å². The third-order valence-electron chi connectivity index (χ3n) is 2.86. The Morgan fingerprint density at radius 1 is 1.42 bits per heavy atom. The summed E-state index contributed by atoms with van der Waals surface area (Å²) in [5.74, 6) is 1.80. The van der Waals surface area contributed by atoms with Crippen LogP contribution in [-0.4, -0.2) is 28.4 Å². The van der Waals surface area contributed by atoms with Gasteiger partial charge in [-0.1, -0.05) is 0 Å². The topological polar surface area (TPSA) is 66.0 Å². The van der Waals surface area contributed by atoms with Crippen LogP contribution in [0.5, 0.6) is 5.75 Å². The predicted molar refractivity (Wildman–Crippen MR) is 69.5 cm³/mol. The number of hydrogen-bond donors (Lipinski definition) is 1. The largest absolute Gasteiger partial charge is 0.496 e. The second kappa shape index (κ2) is 5.79. The molecule has 0 spiro atoms. The van der Waals surface area contributed by atoms with Crippen molar-refractivity contribution in [2.45, 2.75) is 12.8 Å². The number of nitrogens with zero attached hydrogens (tertiary/aromatic N) is 3. The number of rotatable bonds is 5. The number of aromatic nitrogens is 3. The molecular formula is C13H17FN4O. The van der Waals surface area contributed by atoms with Gasteiger partial charge in [0, 0.05) is 25.5 Å². The highest BCUT2D eigenvalue weighted by Crippen LogP contribution is 2.21. The number of nitrogens with two attached hydrogens (primary N) is 1. The first-order valence-electron chi connectivity index (χ1n) is 6.05. The first kappa shape index (κ1) is 13.5. The van der Waals surface area contributed by atoms with Gasteiger partial charge in [-0.3, -0.25) is 4.68 Å². The maximum Gasteiger partial charge on any atom is 0.155 e. The van der Waals surface area contributed by atoms with Crippen molar-refractivity contribution in [3.8, 4) is 5.75 Å². The van der Waals surface area contributed by atoms with Gasteiger partial charge in [0.05, 0.1) is 7.11 Å². The molecule has 1 aromatic heterocycles. The number of hydrogen-bond acceptors (Lipinski definition) is 4. The van der Waals surface area contributed by atoms with Crippen molar-refractivity contribution in [3.05, 3.63) is 41.2 Å². The Balaban J connectivity index is 2.25. The van der Waals surface area contributed by atoms with Gasteiger partial charge >= 0.3 is 0 Å². The highest BCUT2D eigenvalue weighted by atomic mass is 19.1. The Hall–Kier alpha value is -1.95. The zero-order valence-electron chi connectivity index (χ0n) is 11.1. The summed E-state index contributed by atoms with van der Waals surface area (Å²) in [6.07, 6.45) is 1.10. The van der Waals surface area contributed by atoms with E-state index in [1.165, 1.54) is 12.1 Å². The molecule has 0 fully saturated rings. The highest BCUT2D eigenvalue weighted by molar-refractivity contribution is 5.35. The van der Waals surface area contributed by atoms with Crippen LogP contribution < -0.4 is 10.5 Å². The van der Waals surface area contributed by atoms with Crippen LogP contribution in [0.4, 0.5) is 4.39 Å². The molecule has 2 rings (SSSR count). The molecule has 1 aromatic carbocycles. The molecule has 0 atom stereocenters. The summed E-state index contributed by atoms with van der Waals surface area (Å²) >= 11 is 0. The van der Waals surface area contributed by atoms with E-state index in [1.54, 1.807) is 17.9 Å². The fraction of sp³-hybridized carbons (Fsp3) is 0.385. The Bertz CT molecular complexity index is 568. The number of ether oxygens (including phenoxy) is 1. The van der Waals surface area contributed by atoms with E-state index in [4.69, 9.17) is 10.5 Å². The fourth-order valence-corrected chi connectivity index (χ4v) is 1.95. The average Bonchev–Trinajstić information content (AvgIpc) is 2.71. The van der Waals surface area contributed by atoms with E-state index in [2.05, 4.69) is 10.1 Å². The number of benzene rings is 1. The normalized spacial score (nSPS) is 10.7. The Labute approximate surface area is 111 Å². The summed E-state index contributed by atoms with van der Waals surface area (Å²) in [7, 11) is 3.38. The van der Waals surface area contributed by atoms with Crippen molar-refractivity contribution in [1.82, 2.24) is 14.8 Å². The molecule has 102 valence electrons. The summed E-state index contributed by atoms with van der Waals surface area (Å²) < 4.78 is 20.2. The highest BCUT2D eigenvalue weighted by Gasteiger charge is 2.11. The van der Waals surface area contributed by atoms with Gasteiger partial charge in [-0.05, 0) is 24.7 Å². The van der Waals surface area contributed by atoms with Crippen molar-refractivity contribution in [3.63, 3.8) is 0 Å². The summed E-state index contributed by atoms with van der Waals surface area (Å²) in [6.45, 7) is 0.523. The molecule has 6 heteroatoms. The van der Waals surface area contributed by atoms with E-state index in [-0.39, 0.29) is 5.82 Å². The molecule has 0 aliphatic rings. The molecule has 0 aliphatic carbocycles. The summed E-state index contributed by atoms with van der Waals surface area (Å²) in [6, 6.07) is 4.42. The molecule has 2 N–H and O–H groups in total. The molecule has 19 heavy (non-hydrogen) atoms. The predicted octanol–water partition coefficient (Wildman–Crippen LogP) is 1.05. The van der Waals surface area contributed by atoms with Gasteiger partial charge in [0.25, 0.3) is 0 Å². The molecule has 0 saturated heterocycles. The second-order valence-corrected chi connectivity index (χ2v) is 4.24.